The monoisotopic (exact) mass is 124 g/mol. The summed E-state index contributed by atoms with van der Waals surface area (Å²) in [5.41, 5.74) is 0. The number of hydrogen-bond acceptors (Lipinski definition) is 1. The van der Waals surface area contributed by atoms with Gasteiger partial charge in [-0.15, -0.1) is 0 Å². The molecule has 0 amide bonds. The molecular weight excluding hydrogens is 112 g/mol. The van der Waals surface area contributed by atoms with Crippen molar-refractivity contribution in [2.24, 2.45) is 0 Å². The number of rotatable bonds is 0. The van der Waals surface area contributed by atoms with Gasteiger partial charge >= 0.3 is 0 Å². The zero-order chi connectivity index (χ0) is 6.69. The molecule has 9 heavy (non-hydrogen) atoms. The molecule has 2 heteroatoms. The topological polar surface area (TPSA) is 7.60 Å². The van der Waals surface area contributed by atoms with Crippen LogP contribution in [0.25, 0.3) is 4.85 Å². The van der Waals surface area contributed by atoms with Gasteiger partial charge in [-0.25, -0.2) is 11.5 Å². The minimum atomic E-state index is 0.179. The average Bonchev–Trinajstić information content (AvgIpc) is 1.89. The van der Waals surface area contributed by atoms with Gasteiger partial charge in [0.15, 0.2) is 0 Å². The van der Waals surface area contributed by atoms with Gasteiger partial charge in [-0.1, -0.05) is 0 Å². The van der Waals surface area contributed by atoms with Crippen LogP contribution in [0.2, 0.25) is 0 Å². The minimum absolute atomic E-state index is 0.179. The molecule has 0 saturated carbocycles. The molecular formula is C7H12N2. The van der Waals surface area contributed by atoms with Crippen LogP contribution >= 0.6 is 0 Å². The van der Waals surface area contributed by atoms with Crippen LogP contribution in [0.4, 0.5) is 0 Å². The second kappa shape index (κ2) is 2.84. The van der Waals surface area contributed by atoms with Gasteiger partial charge in [-0.2, -0.15) is 0 Å². The second-order valence-electron chi connectivity index (χ2n) is 2.59. The standard InChI is InChI=1S/C7H12N2/c1-8-7-5-3-4-6-9(7)2/h7H,3-6H2,2H3. The summed E-state index contributed by atoms with van der Waals surface area (Å²) in [6.07, 6.45) is 3.75. The SMILES string of the molecule is [C-]#[N+]C1CCCCN1C. The lowest BCUT2D eigenvalue weighted by molar-refractivity contribution is 0.220. The molecule has 0 aromatic heterocycles. The highest BCUT2D eigenvalue weighted by Crippen LogP contribution is 2.14. The maximum Gasteiger partial charge on any atom is 0.279 e. The summed E-state index contributed by atoms with van der Waals surface area (Å²) < 4.78 is 0. The lowest BCUT2D eigenvalue weighted by Gasteiger charge is -2.22. The van der Waals surface area contributed by atoms with Gasteiger partial charge in [-0.3, -0.25) is 4.85 Å². The second-order valence-corrected chi connectivity index (χ2v) is 2.59. The first-order valence-electron chi connectivity index (χ1n) is 3.41. The number of likely N-dealkylation sites (tertiary alicyclic amines) is 1. The van der Waals surface area contributed by atoms with Crippen LogP contribution in [0.5, 0.6) is 0 Å². The van der Waals surface area contributed by atoms with Crippen molar-refractivity contribution in [1.82, 2.24) is 4.90 Å². The summed E-state index contributed by atoms with van der Waals surface area (Å²) in [5.74, 6) is 0. The van der Waals surface area contributed by atoms with Gasteiger partial charge in [0.05, 0.1) is 0 Å². The molecule has 1 rings (SSSR count). The molecule has 0 spiro atoms. The zero-order valence-electron chi connectivity index (χ0n) is 5.80. The van der Waals surface area contributed by atoms with Gasteiger partial charge in [0, 0.05) is 13.0 Å². The Morgan fingerprint density at radius 2 is 2.33 bits per heavy atom. The molecule has 0 aromatic rings. The van der Waals surface area contributed by atoms with Crippen LogP contribution in [-0.4, -0.2) is 24.7 Å². The predicted molar refractivity (Wildman–Crippen MR) is 36.9 cm³/mol. The van der Waals surface area contributed by atoms with E-state index in [4.69, 9.17) is 6.57 Å². The maximum atomic E-state index is 6.81. The molecule has 1 fully saturated rings. The Hall–Kier alpha value is -0.550. The van der Waals surface area contributed by atoms with Crippen molar-refractivity contribution in [2.45, 2.75) is 25.4 Å². The summed E-state index contributed by atoms with van der Waals surface area (Å²) >= 11 is 0. The van der Waals surface area contributed by atoms with Gasteiger partial charge < -0.3 is 0 Å². The van der Waals surface area contributed by atoms with E-state index in [0.717, 1.165) is 13.0 Å². The maximum absolute atomic E-state index is 6.81. The Bertz CT molecular complexity index is 125. The van der Waals surface area contributed by atoms with Crippen LogP contribution in [-0.2, 0) is 0 Å². The van der Waals surface area contributed by atoms with Crippen molar-refractivity contribution < 1.29 is 0 Å². The Labute approximate surface area is 56.3 Å². The van der Waals surface area contributed by atoms with E-state index >= 15 is 0 Å². The van der Waals surface area contributed by atoms with E-state index < -0.39 is 0 Å². The van der Waals surface area contributed by atoms with E-state index in [1.165, 1.54) is 12.8 Å². The highest BCUT2D eigenvalue weighted by atomic mass is 15.2. The highest BCUT2D eigenvalue weighted by molar-refractivity contribution is 4.80. The van der Waals surface area contributed by atoms with E-state index in [9.17, 15) is 0 Å². The number of nitrogens with zero attached hydrogens (tertiary/aromatic N) is 2. The van der Waals surface area contributed by atoms with Crippen LogP contribution in [0, 0.1) is 6.57 Å². The van der Waals surface area contributed by atoms with Gasteiger partial charge in [0.1, 0.15) is 0 Å². The summed E-state index contributed by atoms with van der Waals surface area (Å²) in [6.45, 7) is 7.92. The largest absolute Gasteiger partial charge is 0.296 e. The Morgan fingerprint density at radius 3 is 2.78 bits per heavy atom. The summed E-state index contributed by atoms with van der Waals surface area (Å²) in [4.78, 5) is 5.64. The van der Waals surface area contributed by atoms with E-state index in [2.05, 4.69) is 9.74 Å². The zero-order valence-corrected chi connectivity index (χ0v) is 5.80. The third kappa shape index (κ3) is 1.43. The molecule has 50 valence electrons. The summed E-state index contributed by atoms with van der Waals surface area (Å²) in [7, 11) is 2.03. The molecule has 1 atom stereocenters. The van der Waals surface area contributed by atoms with Crippen LogP contribution in [0.1, 0.15) is 19.3 Å². The normalized spacial score (nSPS) is 29.6. The number of hydrogen-bond donors (Lipinski definition) is 0. The first-order chi connectivity index (χ1) is 4.34. The lowest BCUT2D eigenvalue weighted by atomic mass is 10.1. The quantitative estimate of drug-likeness (QED) is 0.442. The third-order valence-electron chi connectivity index (χ3n) is 1.88. The molecule has 1 unspecified atom stereocenters. The predicted octanol–water partition coefficient (Wildman–Crippen LogP) is 1.35. The lowest BCUT2D eigenvalue weighted by Crippen LogP contribution is -2.33. The van der Waals surface area contributed by atoms with E-state index in [0.29, 0.717) is 0 Å². The van der Waals surface area contributed by atoms with E-state index in [-0.39, 0.29) is 6.17 Å². The number of piperidine rings is 1. The van der Waals surface area contributed by atoms with Crippen molar-refractivity contribution in [1.29, 1.82) is 0 Å². The summed E-state index contributed by atoms with van der Waals surface area (Å²) in [6, 6.07) is 0. The van der Waals surface area contributed by atoms with Crippen LogP contribution in [0.15, 0.2) is 0 Å². The van der Waals surface area contributed by atoms with Crippen molar-refractivity contribution in [3.8, 4) is 0 Å². The van der Waals surface area contributed by atoms with Gasteiger partial charge in [-0.05, 0) is 19.9 Å². The molecule has 1 saturated heterocycles. The fraction of sp³-hybridized carbons (Fsp3) is 0.857. The Morgan fingerprint density at radius 1 is 1.56 bits per heavy atom. The third-order valence-corrected chi connectivity index (χ3v) is 1.88. The first-order valence-corrected chi connectivity index (χ1v) is 3.41. The van der Waals surface area contributed by atoms with Crippen molar-refractivity contribution in [2.75, 3.05) is 13.6 Å². The summed E-state index contributed by atoms with van der Waals surface area (Å²) in [5, 5.41) is 0. The molecule has 1 heterocycles. The molecule has 1 aliphatic rings. The fourth-order valence-electron chi connectivity index (χ4n) is 1.22. The molecule has 0 N–H and O–H groups in total. The minimum Gasteiger partial charge on any atom is -0.296 e. The molecule has 0 radical (unpaired) electrons. The molecule has 0 bridgehead atoms. The highest BCUT2D eigenvalue weighted by Gasteiger charge is 2.21. The Kier molecular flexibility index (Phi) is 2.07. The molecule has 0 aromatic carbocycles. The van der Waals surface area contributed by atoms with Gasteiger partial charge in [0.2, 0.25) is 0 Å². The van der Waals surface area contributed by atoms with E-state index in [1.54, 1.807) is 0 Å². The van der Waals surface area contributed by atoms with Gasteiger partial charge in [0.25, 0.3) is 6.17 Å². The van der Waals surface area contributed by atoms with Crippen LogP contribution in [0.3, 0.4) is 0 Å². The van der Waals surface area contributed by atoms with E-state index in [1.807, 2.05) is 7.05 Å². The molecule has 2 nitrogen and oxygen atoms in total. The smallest absolute Gasteiger partial charge is 0.279 e. The van der Waals surface area contributed by atoms with Crippen LogP contribution < -0.4 is 0 Å². The molecule has 1 aliphatic heterocycles. The van der Waals surface area contributed by atoms with Crippen molar-refractivity contribution >= 4 is 0 Å². The average molecular weight is 124 g/mol. The van der Waals surface area contributed by atoms with Crippen molar-refractivity contribution in [3.05, 3.63) is 11.4 Å². The molecule has 0 aliphatic carbocycles. The first kappa shape index (κ1) is 6.57. The van der Waals surface area contributed by atoms with Crippen molar-refractivity contribution in [3.63, 3.8) is 0 Å². The Balaban J connectivity index is 2.41. The fourth-order valence-corrected chi connectivity index (χ4v) is 1.22.